The van der Waals surface area contributed by atoms with Crippen LogP contribution >= 0.6 is 31.9 Å². The number of carbonyl (C=O) groups excluding carboxylic acids is 2. The van der Waals surface area contributed by atoms with E-state index in [9.17, 15) is 9.59 Å². The molecule has 0 N–H and O–H groups in total. The lowest BCUT2D eigenvalue weighted by atomic mass is 9.84. The van der Waals surface area contributed by atoms with Gasteiger partial charge in [0.25, 0.3) is 0 Å². The molecule has 2 nitrogen and oxygen atoms in total. The van der Waals surface area contributed by atoms with Crippen LogP contribution in [-0.2, 0) is 0 Å². The molecule has 0 aromatic heterocycles. The zero-order valence-electron chi connectivity index (χ0n) is 9.04. The smallest absolute Gasteiger partial charge is 0.235 e. The van der Waals surface area contributed by atoms with Crippen LogP contribution < -0.4 is 0 Å². The van der Waals surface area contributed by atoms with Crippen molar-refractivity contribution in [1.29, 1.82) is 0 Å². The van der Waals surface area contributed by atoms with Gasteiger partial charge in [-0.25, -0.2) is 0 Å². The third kappa shape index (κ3) is 1.52. The molecule has 18 heavy (non-hydrogen) atoms. The third-order valence-corrected chi connectivity index (χ3v) is 5.01. The summed E-state index contributed by atoms with van der Waals surface area (Å²) in [5, 5.41) is 0. The van der Waals surface area contributed by atoms with E-state index in [1.165, 1.54) is 0 Å². The Morgan fingerprint density at radius 1 is 0.722 bits per heavy atom. The molecule has 2 aromatic rings. The molecule has 0 fully saturated rings. The van der Waals surface area contributed by atoms with Gasteiger partial charge >= 0.3 is 0 Å². The van der Waals surface area contributed by atoms with Crippen LogP contribution in [0.15, 0.2) is 45.3 Å². The topological polar surface area (TPSA) is 34.1 Å². The monoisotopic (exact) mass is 364 g/mol. The number of fused-ring (bicyclic) bond motifs is 3. The number of halogens is 2. The van der Waals surface area contributed by atoms with E-state index < -0.39 is 11.6 Å². The van der Waals surface area contributed by atoms with Crippen LogP contribution in [0.3, 0.4) is 0 Å². The van der Waals surface area contributed by atoms with Gasteiger partial charge in [0.1, 0.15) is 0 Å². The molecule has 0 amide bonds. The molecule has 4 heteroatoms. The van der Waals surface area contributed by atoms with E-state index in [0.29, 0.717) is 15.6 Å². The maximum absolute atomic E-state index is 12.2. The van der Waals surface area contributed by atoms with E-state index in [1.54, 1.807) is 12.1 Å². The average Bonchev–Trinajstić information content (AvgIpc) is 2.39. The van der Waals surface area contributed by atoms with Crippen LogP contribution in [0.4, 0.5) is 0 Å². The number of hydrogen-bond acceptors (Lipinski definition) is 2. The third-order valence-electron chi connectivity index (χ3n) is 2.99. The normalized spacial score (nSPS) is 13.2. The predicted octanol–water partition coefficient (Wildman–Crippen LogP) is 4.26. The molecule has 2 aromatic carbocycles. The van der Waals surface area contributed by atoms with Crippen molar-refractivity contribution in [2.75, 3.05) is 0 Å². The number of ketones is 2. The highest BCUT2D eigenvalue weighted by Crippen LogP contribution is 2.39. The molecule has 0 aliphatic heterocycles. The van der Waals surface area contributed by atoms with E-state index >= 15 is 0 Å². The van der Waals surface area contributed by atoms with Gasteiger partial charge in [-0.2, -0.15) is 0 Å². The van der Waals surface area contributed by atoms with Crippen molar-refractivity contribution in [2.45, 2.75) is 0 Å². The molecule has 0 heterocycles. The molecule has 0 unspecified atom stereocenters. The molecule has 1 aliphatic rings. The average molecular weight is 366 g/mol. The van der Waals surface area contributed by atoms with Crippen molar-refractivity contribution < 1.29 is 9.59 Å². The molecule has 0 saturated carbocycles. The SMILES string of the molecule is O=C1C(=O)c2c(ccc(Br)c2Br)-c2ccccc21. The summed E-state index contributed by atoms with van der Waals surface area (Å²) in [6.07, 6.45) is 0. The molecule has 88 valence electrons. The highest BCUT2D eigenvalue weighted by atomic mass is 79.9. The molecule has 0 bridgehead atoms. The Hall–Kier alpha value is -1.26. The number of Topliss-reactive ketones (excluding diaryl/α,β-unsaturated/α-hetero) is 2. The molecular weight excluding hydrogens is 360 g/mol. The van der Waals surface area contributed by atoms with Gasteiger partial charge < -0.3 is 0 Å². The van der Waals surface area contributed by atoms with Gasteiger partial charge in [0, 0.05) is 20.1 Å². The molecule has 0 saturated heterocycles. The molecular formula is C14H6Br2O2. The Balaban J connectivity index is 2.44. The van der Waals surface area contributed by atoms with Crippen molar-refractivity contribution in [3.8, 4) is 11.1 Å². The zero-order chi connectivity index (χ0) is 12.9. The highest BCUT2D eigenvalue weighted by Gasteiger charge is 2.32. The summed E-state index contributed by atoms with van der Waals surface area (Å²) in [5.41, 5.74) is 2.52. The van der Waals surface area contributed by atoms with E-state index in [1.807, 2.05) is 24.3 Å². The lowest BCUT2D eigenvalue weighted by Gasteiger charge is -2.19. The van der Waals surface area contributed by atoms with Gasteiger partial charge in [-0.15, -0.1) is 0 Å². The number of benzene rings is 2. The molecule has 3 rings (SSSR count). The van der Waals surface area contributed by atoms with Crippen LogP contribution in [0, 0.1) is 0 Å². The first-order chi connectivity index (χ1) is 8.61. The summed E-state index contributed by atoms with van der Waals surface area (Å²) >= 11 is 6.72. The summed E-state index contributed by atoms with van der Waals surface area (Å²) in [5.74, 6) is -0.909. The van der Waals surface area contributed by atoms with Crippen molar-refractivity contribution in [3.05, 3.63) is 56.5 Å². The van der Waals surface area contributed by atoms with Crippen LogP contribution in [0.25, 0.3) is 11.1 Å². The van der Waals surface area contributed by atoms with E-state index in [2.05, 4.69) is 31.9 Å². The number of carbonyl (C=O) groups is 2. The molecule has 1 aliphatic carbocycles. The lowest BCUT2D eigenvalue weighted by Crippen LogP contribution is -2.21. The minimum absolute atomic E-state index is 0.438. The van der Waals surface area contributed by atoms with Gasteiger partial charge in [-0.05, 0) is 49.1 Å². The number of hydrogen-bond donors (Lipinski definition) is 0. The Labute approximate surface area is 120 Å². The second kappa shape index (κ2) is 4.14. The fourth-order valence-corrected chi connectivity index (χ4v) is 3.01. The number of rotatable bonds is 0. The standard InChI is InChI=1S/C14H6Br2O2/c15-10-6-5-8-7-3-1-2-4-9(7)13(17)14(18)11(8)12(10)16/h1-6H. The summed E-state index contributed by atoms with van der Waals surface area (Å²) in [6.45, 7) is 0. The molecule has 0 atom stereocenters. The second-order valence-corrected chi connectivity index (χ2v) is 5.64. The highest BCUT2D eigenvalue weighted by molar-refractivity contribution is 9.13. The second-order valence-electron chi connectivity index (χ2n) is 3.99. The quantitative estimate of drug-likeness (QED) is 0.654. The lowest BCUT2D eigenvalue weighted by molar-refractivity contribution is 0.0815. The first-order valence-electron chi connectivity index (χ1n) is 5.27. The Kier molecular flexibility index (Phi) is 2.72. The van der Waals surface area contributed by atoms with Gasteiger partial charge in [0.05, 0.1) is 0 Å². The van der Waals surface area contributed by atoms with E-state index in [-0.39, 0.29) is 0 Å². The maximum atomic E-state index is 12.2. The summed E-state index contributed by atoms with van der Waals surface area (Å²) < 4.78 is 1.40. The van der Waals surface area contributed by atoms with Gasteiger partial charge in [-0.1, -0.05) is 30.3 Å². The van der Waals surface area contributed by atoms with E-state index in [4.69, 9.17) is 0 Å². The summed E-state index contributed by atoms with van der Waals surface area (Å²) in [7, 11) is 0. The largest absolute Gasteiger partial charge is 0.285 e. The minimum atomic E-state index is -0.461. The first-order valence-corrected chi connectivity index (χ1v) is 6.86. The van der Waals surface area contributed by atoms with Crippen molar-refractivity contribution in [1.82, 2.24) is 0 Å². The van der Waals surface area contributed by atoms with E-state index in [0.717, 1.165) is 15.6 Å². The van der Waals surface area contributed by atoms with Crippen molar-refractivity contribution >= 4 is 43.4 Å². The van der Waals surface area contributed by atoms with Crippen LogP contribution in [-0.4, -0.2) is 11.6 Å². The zero-order valence-corrected chi connectivity index (χ0v) is 12.2. The Morgan fingerprint density at radius 2 is 1.39 bits per heavy atom. The Bertz CT molecular complexity index is 705. The van der Waals surface area contributed by atoms with Gasteiger partial charge in [0.15, 0.2) is 0 Å². The molecule has 0 radical (unpaired) electrons. The van der Waals surface area contributed by atoms with Crippen LogP contribution in [0.1, 0.15) is 20.7 Å². The Morgan fingerprint density at radius 3 is 2.11 bits per heavy atom. The van der Waals surface area contributed by atoms with Gasteiger partial charge in [-0.3, -0.25) is 9.59 Å². The maximum Gasteiger partial charge on any atom is 0.235 e. The molecule has 0 spiro atoms. The van der Waals surface area contributed by atoms with Crippen molar-refractivity contribution in [3.63, 3.8) is 0 Å². The predicted molar refractivity (Wildman–Crippen MR) is 75.9 cm³/mol. The summed E-state index contributed by atoms with van der Waals surface area (Å²) in [6, 6.07) is 10.9. The van der Waals surface area contributed by atoms with Crippen LogP contribution in [0.5, 0.6) is 0 Å². The summed E-state index contributed by atoms with van der Waals surface area (Å²) in [4.78, 5) is 24.2. The minimum Gasteiger partial charge on any atom is -0.285 e. The fraction of sp³-hybridized carbons (Fsp3) is 0. The van der Waals surface area contributed by atoms with Crippen molar-refractivity contribution in [2.24, 2.45) is 0 Å². The fourth-order valence-electron chi connectivity index (χ4n) is 2.15. The van der Waals surface area contributed by atoms with Gasteiger partial charge in [0.2, 0.25) is 11.6 Å². The first kappa shape index (κ1) is 11.8. The van der Waals surface area contributed by atoms with Crippen LogP contribution in [0.2, 0.25) is 0 Å².